The number of phenols is 2. The number of aliphatic hydroxyl groups excluding tert-OH is 1. The summed E-state index contributed by atoms with van der Waals surface area (Å²) in [6.45, 7) is 1.04. The van der Waals surface area contributed by atoms with E-state index in [0.717, 1.165) is 0 Å². The lowest BCUT2D eigenvalue weighted by molar-refractivity contribution is 0.269. The maximum atomic E-state index is 11.6. The van der Waals surface area contributed by atoms with Gasteiger partial charge in [-0.3, -0.25) is 4.79 Å². The van der Waals surface area contributed by atoms with Crippen LogP contribution < -0.4 is 5.43 Å². The van der Waals surface area contributed by atoms with Gasteiger partial charge in [0.15, 0.2) is 5.43 Å². The molecule has 0 aliphatic rings. The van der Waals surface area contributed by atoms with Gasteiger partial charge in [0.1, 0.15) is 28.2 Å². The summed E-state index contributed by atoms with van der Waals surface area (Å²) in [5.41, 5.74) is -0.396. The third kappa shape index (κ3) is 1.42. The number of aryl methyl sites for hydroxylation is 1. The van der Waals surface area contributed by atoms with E-state index in [2.05, 4.69) is 0 Å². The van der Waals surface area contributed by atoms with Gasteiger partial charge in [0, 0.05) is 12.1 Å². The zero-order valence-electron chi connectivity index (χ0n) is 8.52. The summed E-state index contributed by atoms with van der Waals surface area (Å²) >= 11 is 0. The molecule has 2 rings (SSSR count). The molecular weight excluding hydrogens is 212 g/mol. The number of aromatic hydroxyl groups is 2. The molecule has 1 aromatic carbocycles. The Balaban J connectivity index is 2.99. The highest BCUT2D eigenvalue weighted by molar-refractivity contribution is 5.86. The van der Waals surface area contributed by atoms with Gasteiger partial charge in [-0.15, -0.1) is 0 Å². The largest absolute Gasteiger partial charge is 0.507 e. The molecule has 1 aromatic heterocycles. The summed E-state index contributed by atoms with van der Waals surface area (Å²) in [6, 6.07) is 2.44. The lowest BCUT2D eigenvalue weighted by Crippen LogP contribution is -2.02. The smallest absolute Gasteiger partial charge is 0.196 e. The van der Waals surface area contributed by atoms with Crippen molar-refractivity contribution in [2.45, 2.75) is 13.5 Å². The Morgan fingerprint density at radius 2 is 2.00 bits per heavy atom. The third-order valence-electron chi connectivity index (χ3n) is 2.36. The van der Waals surface area contributed by atoms with Crippen molar-refractivity contribution in [1.82, 2.24) is 0 Å². The third-order valence-corrected chi connectivity index (χ3v) is 2.36. The van der Waals surface area contributed by atoms with E-state index >= 15 is 0 Å². The normalized spacial score (nSPS) is 10.9. The van der Waals surface area contributed by atoms with Crippen LogP contribution in [0.1, 0.15) is 11.3 Å². The number of hydrogen-bond donors (Lipinski definition) is 3. The zero-order chi connectivity index (χ0) is 11.9. The van der Waals surface area contributed by atoms with Gasteiger partial charge in [-0.1, -0.05) is 0 Å². The Hall–Kier alpha value is -2.01. The SMILES string of the molecule is Cc1cc(=O)c2c(O)c(CO)c(O)cc2o1. The average Bonchev–Trinajstić information content (AvgIpc) is 2.15. The molecule has 0 aliphatic carbocycles. The molecule has 0 amide bonds. The van der Waals surface area contributed by atoms with E-state index in [4.69, 9.17) is 9.52 Å². The Morgan fingerprint density at radius 3 is 2.62 bits per heavy atom. The van der Waals surface area contributed by atoms with Crippen LogP contribution in [0.2, 0.25) is 0 Å². The van der Waals surface area contributed by atoms with Gasteiger partial charge < -0.3 is 19.7 Å². The number of fused-ring (bicyclic) bond motifs is 1. The molecule has 84 valence electrons. The molecule has 0 unspecified atom stereocenters. The van der Waals surface area contributed by atoms with Crippen molar-refractivity contribution in [1.29, 1.82) is 0 Å². The van der Waals surface area contributed by atoms with Crippen molar-refractivity contribution in [3.8, 4) is 11.5 Å². The van der Waals surface area contributed by atoms with E-state index in [1.807, 2.05) is 0 Å². The van der Waals surface area contributed by atoms with Crippen molar-refractivity contribution in [2.75, 3.05) is 0 Å². The van der Waals surface area contributed by atoms with Crippen LogP contribution in [0.25, 0.3) is 11.0 Å². The van der Waals surface area contributed by atoms with Crippen LogP contribution in [0.4, 0.5) is 0 Å². The minimum absolute atomic E-state index is 0.0348. The van der Waals surface area contributed by atoms with Gasteiger partial charge in [-0.2, -0.15) is 0 Å². The highest BCUT2D eigenvalue weighted by atomic mass is 16.3. The first-order valence-corrected chi connectivity index (χ1v) is 4.63. The van der Waals surface area contributed by atoms with Crippen LogP contribution in [0.3, 0.4) is 0 Å². The summed E-state index contributed by atoms with van der Waals surface area (Å²) in [7, 11) is 0. The monoisotopic (exact) mass is 222 g/mol. The number of rotatable bonds is 1. The molecule has 0 saturated heterocycles. The summed E-state index contributed by atoms with van der Waals surface area (Å²) in [6.07, 6.45) is 0. The second-order valence-electron chi connectivity index (χ2n) is 3.48. The average molecular weight is 222 g/mol. The fourth-order valence-electron chi connectivity index (χ4n) is 1.61. The molecule has 1 heterocycles. The minimum atomic E-state index is -0.555. The molecule has 0 atom stereocenters. The van der Waals surface area contributed by atoms with Crippen LogP contribution in [-0.4, -0.2) is 15.3 Å². The molecule has 5 heteroatoms. The molecule has 0 spiro atoms. The fourth-order valence-corrected chi connectivity index (χ4v) is 1.61. The summed E-state index contributed by atoms with van der Waals surface area (Å²) < 4.78 is 5.20. The zero-order valence-corrected chi connectivity index (χ0v) is 8.52. The summed E-state index contributed by atoms with van der Waals surface area (Å²) in [4.78, 5) is 11.6. The maximum Gasteiger partial charge on any atom is 0.196 e. The van der Waals surface area contributed by atoms with E-state index in [1.54, 1.807) is 6.92 Å². The topological polar surface area (TPSA) is 90.9 Å². The molecule has 0 aliphatic heterocycles. The predicted molar refractivity (Wildman–Crippen MR) is 56.5 cm³/mol. The van der Waals surface area contributed by atoms with Gasteiger partial charge in [-0.25, -0.2) is 0 Å². The molecular formula is C11H10O5. The molecule has 0 fully saturated rings. The van der Waals surface area contributed by atoms with E-state index in [0.29, 0.717) is 5.76 Å². The van der Waals surface area contributed by atoms with Crippen LogP contribution in [0.15, 0.2) is 21.3 Å². The predicted octanol–water partition coefficient (Wildman–Crippen LogP) is 1.00. The van der Waals surface area contributed by atoms with Gasteiger partial charge in [0.05, 0.1) is 12.2 Å². The molecule has 0 bridgehead atoms. The lowest BCUT2D eigenvalue weighted by atomic mass is 10.1. The Bertz CT molecular complexity index is 612. The molecule has 16 heavy (non-hydrogen) atoms. The first-order valence-electron chi connectivity index (χ1n) is 4.63. The van der Waals surface area contributed by atoms with Crippen LogP contribution >= 0.6 is 0 Å². The molecule has 3 N–H and O–H groups in total. The summed E-state index contributed by atoms with van der Waals surface area (Å²) in [5, 5.41) is 28.1. The number of benzene rings is 1. The second-order valence-corrected chi connectivity index (χ2v) is 3.48. The fraction of sp³-hybridized carbons (Fsp3) is 0.182. The molecule has 0 saturated carbocycles. The van der Waals surface area contributed by atoms with Gasteiger partial charge in [0.25, 0.3) is 0 Å². The molecule has 2 aromatic rings. The van der Waals surface area contributed by atoms with E-state index in [-0.39, 0.29) is 22.3 Å². The van der Waals surface area contributed by atoms with Crippen molar-refractivity contribution >= 4 is 11.0 Å². The van der Waals surface area contributed by atoms with Gasteiger partial charge in [0.2, 0.25) is 0 Å². The number of aliphatic hydroxyl groups is 1. The Labute approximate surface area is 90.2 Å². The van der Waals surface area contributed by atoms with E-state index in [1.165, 1.54) is 12.1 Å². The highest BCUT2D eigenvalue weighted by Gasteiger charge is 2.15. The Morgan fingerprint density at radius 1 is 1.31 bits per heavy atom. The number of hydrogen-bond acceptors (Lipinski definition) is 5. The lowest BCUT2D eigenvalue weighted by Gasteiger charge is -2.07. The van der Waals surface area contributed by atoms with Crippen molar-refractivity contribution < 1.29 is 19.7 Å². The first kappa shape index (κ1) is 10.5. The standard InChI is InChI=1S/C11H10O5/c1-5-2-8(14)10-9(16-5)3-7(13)6(4-12)11(10)15/h2-3,12-13,15H,4H2,1H3. The van der Waals surface area contributed by atoms with Crippen molar-refractivity contribution in [2.24, 2.45) is 0 Å². The molecule has 5 nitrogen and oxygen atoms in total. The van der Waals surface area contributed by atoms with Crippen LogP contribution in [0.5, 0.6) is 11.5 Å². The van der Waals surface area contributed by atoms with Crippen molar-refractivity contribution in [3.05, 3.63) is 33.7 Å². The second kappa shape index (κ2) is 3.53. The highest BCUT2D eigenvalue weighted by Crippen LogP contribution is 2.33. The summed E-state index contributed by atoms with van der Waals surface area (Å²) in [5.74, 6) is -0.361. The van der Waals surface area contributed by atoms with Crippen LogP contribution in [-0.2, 0) is 6.61 Å². The molecule has 0 radical (unpaired) electrons. The first-order chi connectivity index (χ1) is 7.54. The van der Waals surface area contributed by atoms with Crippen molar-refractivity contribution in [3.63, 3.8) is 0 Å². The quantitative estimate of drug-likeness (QED) is 0.669. The van der Waals surface area contributed by atoms with Gasteiger partial charge >= 0.3 is 0 Å². The van der Waals surface area contributed by atoms with Gasteiger partial charge in [-0.05, 0) is 6.92 Å². The van der Waals surface area contributed by atoms with Crippen LogP contribution in [0, 0.1) is 6.92 Å². The van der Waals surface area contributed by atoms with E-state index < -0.39 is 17.8 Å². The Kier molecular flexibility index (Phi) is 2.32. The minimum Gasteiger partial charge on any atom is -0.507 e. The van der Waals surface area contributed by atoms with E-state index in [9.17, 15) is 15.0 Å². The maximum absolute atomic E-state index is 11.6.